The number of ether oxygens (including phenoxy) is 1. The van der Waals surface area contributed by atoms with Crippen LogP contribution in [0.25, 0.3) is 0 Å². The molecule has 1 amide bonds. The molecule has 5 nitrogen and oxygen atoms in total. The largest absolute Gasteiger partial charge is 0.405 e. The van der Waals surface area contributed by atoms with Crippen molar-refractivity contribution >= 4 is 5.91 Å². The fraction of sp³-hybridized carbons (Fsp3) is 0.750. The Balaban J connectivity index is 3.58. The summed E-state index contributed by atoms with van der Waals surface area (Å²) in [7, 11) is 0. The van der Waals surface area contributed by atoms with Gasteiger partial charge in [0, 0.05) is 13.1 Å². The Labute approximate surface area is 90.3 Å². The maximum atomic E-state index is 12.0. The summed E-state index contributed by atoms with van der Waals surface area (Å²) >= 11 is 0. The molecule has 0 spiro atoms. The molecule has 92 valence electrons. The summed E-state index contributed by atoms with van der Waals surface area (Å²) in [5.74, 6) is -2.69. The molecule has 0 aromatic carbocycles. The normalized spacial score (nSPS) is 13.1. The molecule has 1 unspecified atom stereocenters. The van der Waals surface area contributed by atoms with Gasteiger partial charge in [0.2, 0.25) is 5.91 Å². The van der Waals surface area contributed by atoms with Crippen LogP contribution in [0.15, 0.2) is 0 Å². The summed E-state index contributed by atoms with van der Waals surface area (Å²) in [6.07, 6.45) is -4.53. The van der Waals surface area contributed by atoms with Gasteiger partial charge >= 0.3 is 6.18 Å². The molecule has 3 N–H and O–H groups in total. The number of carbonyl (C=O) groups excluding carboxylic acids is 1. The number of nitrogens with two attached hydrogens (primary N) is 1. The summed E-state index contributed by atoms with van der Waals surface area (Å²) < 4.78 is 40.8. The van der Waals surface area contributed by atoms with Crippen LogP contribution >= 0.6 is 0 Å². The monoisotopic (exact) mass is 239 g/mol. The van der Waals surface area contributed by atoms with E-state index in [0.717, 1.165) is 6.07 Å². The molecule has 8 heteroatoms. The van der Waals surface area contributed by atoms with Crippen molar-refractivity contribution in [2.24, 2.45) is 11.7 Å². The molecule has 16 heavy (non-hydrogen) atoms. The Kier molecular flexibility index (Phi) is 6.44. The number of alkyl halides is 3. The maximum absolute atomic E-state index is 12.0. The second kappa shape index (κ2) is 7.03. The maximum Gasteiger partial charge on any atom is 0.405 e. The molecule has 0 aromatic heterocycles. The van der Waals surface area contributed by atoms with Gasteiger partial charge in [0.15, 0.2) is 5.92 Å². The van der Waals surface area contributed by atoms with Crippen molar-refractivity contribution in [2.45, 2.75) is 6.18 Å². The molecule has 0 aliphatic heterocycles. The van der Waals surface area contributed by atoms with Crippen molar-refractivity contribution in [1.82, 2.24) is 5.32 Å². The highest BCUT2D eigenvalue weighted by molar-refractivity contribution is 5.74. The highest BCUT2D eigenvalue weighted by Gasteiger charge is 2.39. The molecule has 0 bridgehead atoms. The molecule has 0 aromatic rings. The average molecular weight is 239 g/mol. The highest BCUT2D eigenvalue weighted by Crippen LogP contribution is 2.24. The number of primary amides is 1. The number of hydrogen-bond donors (Lipinski definition) is 2. The fourth-order valence-corrected chi connectivity index (χ4v) is 0.798. The standard InChI is InChI=1S/C8H12F3N3O2/c9-8(10,11)6(3-12)4-14-1-2-16-5-7(13)15/h6,14H,1-2,4-5H2,(H2,13,15). The van der Waals surface area contributed by atoms with E-state index in [0.29, 0.717) is 0 Å². The molecule has 0 rings (SSSR count). The van der Waals surface area contributed by atoms with E-state index in [1.165, 1.54) is 0 Å². The SMILES string of the molecule is N#CC(CNCCOCC(N)=O)C(F)(F)F. The molecule has 0 heterocycles. The predicted octanol–water partition coefficient (Wildman–Crippen LogP) is -0.220. The van der Waals surface area contributed by atoms with Gasteiger partial charge in [-0.25, -0.2) is 0 Å². The van der Waals surface area contributed by atoms with Crippen LogP contribution in [0.2, 0.25) is 0 Å². The van der Waals surface area contributed by atoms with Crippen LogP contribution in [0.3, 0.4) is 0 Å². The average Bonchev–Trinajstić information content (AvgIpc) is 2.14. The van der Waals surface area contributed by atoms with E-state index in [2.05, 4.69) is 5.32 Å². The number of hydrogen-bond acceptors (Lipinski definition) is 4. The van der Waals surface area contributed by atoms with E-state index in [-0.39, 0.29) is 19.8 Å². The smallest absolute Gasteiger partial charge is 0.370 e. The number of rotatable bonds is 7. The lowest BCUT2D eigenvalue weighted by Crippen LogP contribution is -2.34. The van der Waals surface area contributed by atoms with Gasteiger partial charge in [0.05, 0.1) is 12.7 Å². The first-order valence-electron chi connectivity index (χ1n) is 4.41. The number of nitriles is 1. The van der Waals surface area contributed by atoms with Crippen LogP contribution in [0.1, 0.15) is 0 Å². The van der Waals surface area contributed by atoms with Crippen molar-refractivity contribution in [2.75, 3.05) is 26.3 Å². The van der Waals surface area contributed by atoms with Gasteiger partial charge in [-0.15, -0.1) is 0 Å². The predicted molar refractivity (Wildman–Crippen MR) is 48.0 cm³/mol. The van der Waals surface area contributed by atoms with Gasteiger partial charge in [0.1, 0.15) is 6.61 Å². The number of nitrogens with zero attached hydrogens (tertiary/aromatic N) is 1. The van der Waals surface area contributed by atoms with Crippen LogP contribution in [-0.2, 0) is 9.53 Å². The minimum absolute atomic E-state index is 0.0545. The lowest BCUT2D eigenvalue weighted by Gasteiger charge is -2.13. The lowest BCUT2D eigenvalue weighted by molar-refractivity contribution is -0.157. The molecule has 0 saturated carbocycles. The summed E-state index contributed by atoms with van der Waals surface area (Å²) in [5.41, 5.74) is 4.76. The molecule has 0 radical (unpaired) electrons. The van der Waals surface area contributed by atoms with Gasteiger partial charge in [-0.1, -0.05) is 0 Å². The molecule has 0 aliphatic carbocycles. The van der Waals surface area contributed by atoms with Crippen LogP contribution in [-0.4, -0.2) is 38.4 Å². The van der Waals surface area contributed by atoms with E-state index >= 15 is 0 Å². The summed E-state index contributed by atoms with van der Waals surface area (Å²) in [6.45, 7) is -0.608. The minimum Gasteiger partial charge on any atom is -0.370 e. The van der Waals surface area contributed by atoms with Crippen LogP contribution in [0.4, 0.5) is 13.2 Å². The van der Waals surface area contributed by atoms with Crippen LogP contribution < -0.4 is 11.1 Å². The minimum atomic E-state index is -4.53. The van der Waals surface area contributed by atoms with Crippen molar-refractivity contribution in [3.05, 3.63) is 0 Å². The number of nitrogens with one attached hydrogen (secondary N) is 1. The molecule has 0 aliphatic rings. The molecular formula is C8H12F3N3O2. The first-order chi connectivity index (χ1) is 7.38. The van der Waals surface area contributed by atoms with E-state index < -0.39 is 24.5 Å². The van der Waals surface area contributed by atoms with Crippen molar-refractivity contribution in [1.29, 1.82) is 5.26 Å². The van der Waals surface area contributed by atoms with Gasteiger partial charge in [-0.2, -0.15) is 18.4 Å². The third kappa shape index (κ3) is 7.03. The summed E-state index contributed by atoms with van der Waals surface area (Å²) in [4.78, 5) is 10.2. The second-order valence-corrected chi connectivity index (χ2v) is 2.95. The Hall–Kier alpha value is -1.33. The zero-order valence-electron chi connectivity index (χ0n) is 8.38. The Morgan fingerprint density at radius 2 is 2.19 bits per heavy atom. The molecule has 0 fully saturated rings. The molecule has 0 saturated heterocycles. The van der Waals surface area contributed by atoms with E-state index in [1.807, 2.05) is 0 Å². The van der Waals surface area contributed by atoms with Crippen molar-refractivity contribution in [3.8, 4) is 6.07 Å². The zero-order chi connectivity index (χ0) is 12.6. The fourth-order valence-electron chi connectivity index (χ4n) is 0.798. The third-order valence-electron chi connectivity index (χ3n) is 1.57. The van der Waals surface area contributed by atoms with E-state index in [1.54, 1.807) is 0 Å². The van der Waals surface area contributed by atoms with Gasteiger partial charge in [0.25, 0.3) is 0 Å². The number of carbonyl (C=O) groups is 1. The van der Waals surface area contributed by atoms with Gasteiger partial charge in [-0.05, 0) is 0 Å². The van der Waals surface area contributed by atoms with E-state index in [4.69, 9.17) is 15.7 Å². The Morgan fingerprint density at radius 1 is 1.56 bits per heavy atom. The van der Waals surface area contributed by atoms with Crippen LogP contribution in [0, 0.1) is 17.2 Å². The summed E-state index contributed by atoms with van der Waals surface area (Å²) in [5, 5.41) is 10.6. The number of halogens is 3. The van der Waals surface area contributed by atoms with Crippen LogP contribution in [0.5, 0.6) is 0 Å². The lowest BCUT2D eigenvalue weighted by atomic mass is 10.1. The van der Waals surface area contributed by atoms with Crippen molar-refractivity contribution in [3.63, 3.8) is 0 Å². The van der Waals surface area contributed by atoms with Gasteiger partial charge < -0.3 is 15.8 Å². The molecule has 1 atom stereocenters. The first kappa shape index (κ1) is 14.7. The quantitative estimate of drug-likeness (QED) is 0.601. The molecular weight excluding hydrogens is 227 g/mol. The van der Waals surface area contributed by atoms with Gasteiger partial charge in [-0.3, -0.25) is 4.79 Å². The number of amides is 1. The Bertz CT molecular complexity index is 262. The van der Waals surface area contributed by atoms with Crippen molar-refractivity contribution < 1.29 is 22.7 Å². The first-order valence-corrected chi connectivity index (χ1v) is 4.41. The third-order valence-corrected chi connectivity index (χ3v) is 1.57. The second-order valence-electron chi connectivity index (χ2n) is 2.95. The Morgan fingerprint density at radius 3 is 2.62 bits per heavy atom. The summed E-state index contributed by atoms with van der Waals surface area (Å²) in [6, 6.07) is 1.15. The van der Waals surface area contributed by atoms with E-state index in [9.17, 15) is 18.0 Å². The zero-order valence-corrected chi connectivity index (χ0v) is 8.38. The topological polar surface area (TPSA) is 88.1 Å². The highest BCUT2D eigenvalue weighted by atomic mass is 19.4.